The quantitative estimate of drug-likeness (QED) is 0.883. The summed E-state index contributed by atoms with van der Waals surface area (Å²) in [5.41, 5.74) is 0.802. The Balaban J connectivity index is 2.47. The van der Waals surface area contributed by atoms with Crippen LogP contribution in [-0.4, -0.2) is 19.0 Å². The summed E-state index contributed by atoms with van der Waals surface area (Å²) in [4.78, 5) is 11.6. The van der Waals surface area contributed by atoms with Crippen LogP contribution in [0.15, 0.2) is 35.4 Å². The van der Waals surface area contributed by atoms with E-state index < -0.39 is 15.6 Å². The molecule has 0 aliphatic rings. The van der Waals surface area contributed by atoms with Crippen molar-refractivity contribution in [3.8, 4) is 0 Å². The first-order chi connectivity index (χ1) is 9.19. The monoisotopic (exact) mass is 294 g/mol. The maximum absolute atomic E-state index is 12.3. The van der Waals surface area contributed by atoms with Crippen molar-refractivity contribution in [2.75, 3.05) is 0 Å². The fourth-order valence-electron chi connectivity index (χ4n) is 1.68. The molecule has 0 amide bonds. The van der Waals surface area contributed by atoms with Gasteiger partial charge in [0, 0.05) is 11.6 Å². The molecule has 0 atom stereocenters. The Morgan fingerprint density at radius 2 is 1.95 bits per heavy atom. The zero-order valence-electron chi connectivity index (χ0n) is 12.0. The first-order valence-corrected chi connectivity index (χ1v) is 7.72. The molecular formula is C14H18N2O3S. The second-order valence-corrected chi connectivity index (χ2v) is 7.26. The van der Waals surface area contributed by atoms with Crippen LogP contribution in [0.25, 0.3) is 10.9 Å². The van der Waals surface area contributed by atoms with Gasteiger partial charge in [0.1, 0.15) is 4.90 Å². The molecular weight excluding hydrogens is 276 g/mol. The summed E-state index contributed by atoms with van der Waals surface area (Å²) in [6.45, 7) is 7.20. The molecule has 108 valence electrons. The molecule has 0 aliphatic heterocycles. The summed E-state index contributed by atoms with van der Waals surface area (Å²) in [5, 5.41) is 0.781. The molecule has 0 spiro atoms. The van der Waals surface area contributed by atoms with Gasteiger partial charge in [-0.25, -0.2) is 8.42 Å². The number of aromatic nitrogens is 1. The van der Waals surface area contributed by atoms with Gasteiger partial charge in [-0.3, -0.25) is 9.82 Å². The molecule has 0 fully saturated rings. The lowest BCUT2D eigenvalue weighted by Gasteiger charge is -2.19. The van der Waals surface area contributed by atoms with Crippen molar-refractivity contribution in [3.05, 3.63) is 36.0 Å². The molecule has 0 aliphatic carbocycles. The van der Waals surface area contributed by atoms with Crippen molar-refractivity contribution in [2.45, 2.75) is 38.2 Å². The van der Waals surface area contributed by atoms with E-state index in [0.717, 1.165) is 10.9 Å². The third kappa shape index (κ3) is 3.33. The summed E-state index contributed by atoms with van der Waals surface area (Å²) in [7, 11) is -3.77. The first kappa shape index (κ1) is 14.9. The second-order valence-electron chi connectivity index (χ2n) is 5.64. The van der Waals surface area contributed by atoms with Gasteiger partial charge in [-0.2, -0.15) is 0 Å². The molecule has 5 nitrogen and oxygen atoms in total. The Bertz CT molecular complexity index is 734. The minimum Gasteiger partial charge on any atom is -0.281 e. The fraction of sp³-hybridized carbons (Fsp3) is 0.357. The van der Waals surface area contributed by atoms with Gasteiger partial charge in [0.15, 0.2) is 0 Å². The van der Waals surface area contributed by atoms with E-state index in [1.807, 2.05) is 19.1 Å². The molecule has 1 aromatic heterocycles. The summed E-state index contributed by atoms with van der Waals surface area (Å²) in [5.74, 6) is 0. The SMILES string of the molecule is Cc1cnc2c(S(=O)(=O)NOC(C)(C)C)cccc2c1. The summed E-state index contributed by atoms with van der Waals surface area (Å²) >= 11 is 0. The third-order valence-corrected chi connectivity index (χ3v) is 3.77. The molecule has 20 heavy (non-hydrogen) atoms. The van der Waals surface area contributed by atoms with Crippen LogP contribution in [-0.2, 0) is 14.9 Å². The Kier molecular flexibility index (Phi) is 3.82. The number of hydrogen-bond acceptors (Lipinski definition) is 4. The maximum Gasteiger partial charge on any atom is 0.264 e. The van der Waals surface area contributed by atoms with Crippen LogP contribution in [0.2, 0.25) is 0 Å². The van der Waals surface area contributed by atoms with Crippen LogP contribution in [0.5, 0.6) is 0 Å². The number of hydrogen-bond donors (Lipinski definition) is 1. The van der Waals surface area contributed by atoms with E-state index in [9.17, 15) is 8.42 Å². The van der Waals surface area contributed by atoms with Crippen molar-refractivity contribution in [1.82, 2.24) is 9.87 Å². The lowest BCUT2D eigenvalue weighted by molar-refractivity contribution is -0.0357. The third-order valence-electron chi connectivity index (χ3n) is 2.56. The Labute approximate surface area is 119 Å². The number of sulfonamides is 1. The van der Waals surface area contributed by atoms with Crippen molar-refractivity contribution in [2.24, 2.45) is 0 Å². The standard InChI is InChI=1S/C14H18N2O3S/c1-10-8-11-6-5-7-12(13(11)15-9-10)20(17,18)16-19-14(2,3)4/h5-9,16H,1-4H3. The molecule has 0 radical (unpaired) electrons. The van der Waals surface area contributed by atoms with Crippen molar-refractivity contribution >= 4 is 20.9 Å². The highest BCUT2D eigenvalue weighted by molar-refractivity contribution is 7.89. The molecule has 6 heteroatoms. The molecule has 2 aromatic rings. The molecule has 2 rings (SSSR count). The predicted octanol–water partition coefficient (Wildman–Crippen LogP) is 2.55. The van der Waals surface area contributed by atoms with E-state index in [0.29, 0.717) is 5.52 Å². The Morgan fingerprint density at radius 3 is 2.60 bits per heavy atom. The van der Waals surface area contributed by atoms with Crippen molar-refractivity contribution in [1.29, 1.82) is 0 Å². The normalized spacial score (nSPS) is 12.8. The van der Waals surface area contributed by atoms with Crippen LogP contribution in [0, 0.1) is 6.92 Å². The number of nitrogens with one attached hydrogen (secondary N) is 1. The van der Waals surface area contributed by atoms with Gasteiger partial charge in [-0.05, 0) is 45.4 Å². The van der Waals surface area contributed by atoms with Crippen LogP contribution >= 0.6 is 0 Å². The average molecular weight is 294 g/mol. The number of fused-ring (bicyclic) bond motifs is 1. The van der Waals surface area contributed by atoms with Crippen LogP contribution in [0.1, 0.15) is 26.3 Å². The molecule has 1 aromatic carbocycles. The van der Waals surface area contributed by atoms with Crippen molar-refractivity contribution < 1.29 is 13.3 Å². The number of nitrogens with zero attached hydrogens (tertiary/aromatic N) is 1. The molecule has 0 unspecified atom stereocenters. The lowest BCUT2D eigenvalue weighted by atomic mass is 10.2. The predicted molar refractivity (Wildman–Crippen MR) is 77.6 cm³/mol. The van der Waals surface area contributed by atoms with E-state index in [4.69, 9.17) is 4.84 Å². The lowest BCUT2D eigenvalue weighted by Crippen LogP contribution is -2.33. The number of aryl methyl sites for hydroxylation is 1. The number of rotatable bonds is 3. The van der Waals surface area contributed by atoms with E-state index in [2.05, 4.69) is 9.87 Å². The topological polar surface area (TPSA) is 68.3 Å². The molecule has 0 bridgehead atoms. The zero-order valence-corrected chi connectivity index (χ0v) is 12.8. The van der Waals surface area contributed by atoms with Gasteiger partial charge in [-0.15, -0.1) is 0 Å². The fourth-order valence-corrected chi connectivity index (χ4v) is 2.82. The van der Waals surface area contributed by atoms with Gasteiger partial charge in [0.2, 0.25) is 0 Å². The van der Waals surface area contributed by atoms with E-state index >= 15 is 0 Å². The molecule has 1 N–H and O–H groups in total. The van der Waals surface area contributed by atoms with Gasteiger partial charge < -0.3 is 0 Å². The highest BCUT2D eigenvalue weighted by Crippen LogP contribution is 2.22. The minimum absolute atomic E-state index is 0.110. The van der Waals surface area contributed by atoms with Gasteiger partial charge in [-0.1, -0.05) is 17.0 Å². The van der Waals surface area contributed by atoms with Crippen molar-refractivity contribution in [3.63, 3.8) is 0 Å². The van der Waals surface area contributed by atoms with Crippen LogP contribution in [0.3, 0.4) is 0 Å². The van der Waals surface area contributed by atoms with E-state index in [1.54, 1.807) is 33.0 Å². The van der Waals surface area contributed by atoms with Gasteiger partial charge in [0.05, 0.1) is 11.1 Å². The first-order valence-electron chi connectivity index (χ1n) is 6.24. The van der Waals surface area contributed by atoms with Gasteiger partial charge >= 0.3 is 0 Å². The minimum atomic E-state index is -3.77. The zero-order chi connectivity index (χ0) is 15.0. The molecule has 0 saturated carbocycles. The highest BCUT2D eigenvalue weighted by Gasteiger charge is 2.21. The van der Waals surface area contributed by atoms with Crippen LogP contribution in [0.4, 0.5) is 0 Å². The maximum atomic E-state index is 12.3. The summed E-state index contributed by atoms with van der Waals surface area (Å²) in [6, 6.07) is 6.93. The summed E-state index contributed by atoms with van der Waals surface area (Å²) < 4.78 is 24.6. The van der Waals surface area contributed by atoms with E-state index in [1.165, 1.54) is 6.07 Å². The highest BCUT2D eigenvalue weighted by atomic mass is 32.2. The smallest absolute Gasteiger partial charge is 0.264 e. The Morgan fingerprint density at radius 1 is 1.25 bits per heavy atom. The van der Waals surface area contributed by atoms with E-state index in [-0.39, 0.29) is 4.90 Å². The number of benzene rings is 1. The average Bonchev–Trinajstić information content (AvgIpc) is 2.34. The number of para-hydroxylation sites is 1. The van der Waals surface area contributed by atoms with Crippen LogP contribution < -0.4 is 4.89 Å². The number of pyridine rings is 1. The second kappa shape index (κ2) is 5.12. The molecule has 1 heterocycles. The van der Waals surface area contributed by atoms with Gasteiger partial charge in [0.25, 0.3) is 10.0 Å². The summed E-state index contributed by atoms with van der Waals surface area (Å²) in [6.07, 6.45) is 1.64. The molecule has 0 saturated heterocycles. The largest absolute Gasteiger partial charge is 0.281 e. The Hall–Kier alpha value is -1.50.